The van der Waals surface area contributed by atoms with Crippen LogP contribution >= 0.6 is 8.69 Å². The maximum atomic E-state index is 10.1. The minimum absolute atomic E-state index is 0.322. The topological polar surface area (TPSA) is 61.6 Å². The largest absolute Gasteiger partial charge is 0.352 e. The maximum absolute atomic E-state index is 10.1. The molecule has 0 saturated heterocycles. The quantitative estimate of drug-likeness (QED) is 0.362. The molecule has 72 valence electrons. The van der Waals surface area contributed by atoms with Gasteiger partial charge in [-0.25, -0.2) is 4.57 Å². The molecule has 0 rings (SSSR count). The lowest BCUT2D eigenvalue weighted by Gasteiger charge is -2.12. The van der Waals surface area contributed by atoms with Crippen molar-refractivity contribution < 1.29 is 13.8 Å². The lowest BCUT2D eigenvalue weighted by atomic mass is 10.3. The molecule has 0 radical (unpaired) electrons. The molecule has 12 heavy (non-hydrogen) atoms. The second-order valence-electron chi connectivity index (χ2n) is 2.41. The summed E-state index contributed by atoms with van der Waals surface area (Å²) >= 11 is 0. The first-order valence-corrected chi connectivity index (χ1v) is 4.88. The first-order valence-electron chi connectivity index (χ1n) is 4.15. The van der Waals surface area contributed by atoms with E-state index in [1.165, 1.54) is 0 Å². The summed E-state index contributed by atoms with van der Waals surface area (Å²) in [6.07, 6.45) is 2.17. The molecule has 1 atom stereocenters. The summed E-state index contributed by atoms with van der Waals surface area (Å²) in [4.78, 5) is 0. The van der Waals surface area contributed by atoms with Crippen molar-refractivity contribution in [3.63, 3.8) is 0 Å². The van der Waals surface area contributed by atoms with Gasteiger partial charge in [-0.2, -0.15) is 0 Å². The van der Waals surface area contributed by atoms with Crippen molar-refractivity contribution in [1.29, 1.82) is 0 Å². The van der Waals surface area contributed by atoms with Gasteiger partial charge < -0.3 is 10.5 Å². The monoisotopic (exact) mass is 193 g/mol. The zero-order chi connectivity index (χ0) is 9.23. The molecule has 4 nitrogen and oxygen atoms in total. The first-order chi connectivity index (χ1) is 5.85. The van der Waals surface area contributed by atoms with E-state index in [2.05, 4.69) is 0 Å². The summed E-state index contributed by atoms with van der Waals surface area (Å²) < 4.78 is 20.1. The van der Waals surface area contributed by atoms with Gasteiger partial charge in [0.2, 0.25) is 0 Å². The lowest BCUT2D eigenvalue weighted by Crippen LogP contribution is -2.15. The Morgan fingerprint density at radius 1 is 1.58 bits per heavy atom. The fourth-order valence-corrected chi connectivity index (χ4v) is 1.01. The molecule has 2 N–H and O–H groups in total. The molecule has 0 aliphatic carbocycles. The van der Waals surface area contributed by atoms with Crippen LogP contribution in [0.5, 0.6) is 0 Å². The van der Waals surface area contributed by atoms with Crippen molar-refractivity contribution in [3.8, 4) is 0 Å². The number of hydrogen-bond acceptors (Lipinski definition) is 4. The maximum Gasteiger partial charge on any atom is 0.329 e. The molecule has 0 fully saturated rings. The van der Waals surface area contributed by atoms with Crippen LogP contribution in [0.2, 0.25) is 0 Å². The van der Waals surface area contributed by atoms with E-state index in [0.29, 0.717) is 13.2 Å². The molecule has 0 aromatic rings. The molecule has 0 saturated carbocycles. The average Bonchev–Trinajstić information content (AvgIpc) is 2.06. The van der Waals surface area contributed by atoms with Crippen LogP contribution in [0.3, 0.4) is 0 Å². The Kier molecular flexibility index (Phi) is 9.06. The summed E-state index contributed by atoms with van der Waals surface area (Å²) in [6, 6.07) is 0. The molecule has 5 heteroatoms. The SMILES string of the molecule is CCCC(OCCCN)OP=O. The van der Waals surface area contributed by atoms with E-state index in [4.69, 9.17) is 15.0 Å². The number of hydrogen-bond donors (Lipinski definition) is 1. The van der Waals surface area contributed by atoms with E-state index >= 15 is 0 Å². The van der Waals surface area contributed by atoms with E-state index in [-0.39, 0.29) is 15.0 Å². The van der Waals surface area contributed by atoms with Crippen LogP contribution in [0.4, 0.5) is 0 Å². The number of ether oxygens (including phenoxy) is 1. The van der Waals surface area contributed by atoms with E-state index in [1.54, 1.807) is 0 Å². The molecule has 0 amide bonds. The van der Waals surface area contributed by atoms with Gasteiger partial charge in [0.15, 0.2) is 6.29 Å². The number of rotatable bonds is 8. The zero-order valence-electron chi connectivity index (χ0n) is 7.36. The van der Waals surface area contributed by atoms with Gasteiger partial charge in [-0.15, -0.1) is 0 Å². The highest BCUT2D eigenvalue weighted by atomic mass is 31.1. The Bertz CT molecular complexity index is 113. The van der Waals surface area contributed by atoms with Gasteiger partial charge in [0.05, 0.1) is 6.61 Å². The van der Waals surface area contributed by atoms with Gasteiger partial charge in [0, 0.05) is 0 Å². The van der Waals surface area contributed by atoms with Gasteiger partial charge in [0.25, 0.3) is 0 Å². The first kappa shape index (κ1) is 12.0. The minimum Gasteiger partial charge on any atom is -0.352 e. The van der Waals surface area contributed by atoms with Crippen molar-refractivity contribution in [2.75, 3.05) is 13.2 Å². The lowest BCUT2D eigenvalue weighted by molar-refractivity contribution is -0.0781. The predicted octanol–water partition coefficient (Wildman–Crippen LogP) is 1.70. The summed E-state index contributed by atoms with van der Waals surface area (Å²) in [5.74, 6) is 0. The molecule has 0 spiro atoms. The molecule has 0 aromatic heterocycles. The Morgan fingerprint density at radius 3 is 2.83 bits per heavy atom. The Morgan fingerprint density at radius 2 is 2.33 bits per heavy atom. The summed E-state index contributed by atoms with van der Waals surface area (Å²) in [7, 11) is -0.322. The highest BCUT2D eigenvalue weighted by Crippen LogP contribution is 2.10. The smallest absolute Gasteiger partial charge is 0.329 e. The standard InChI is InChI=1S/C7H16NO3P/c1-2-4-7(11-12-9)10-6-3-5-8/h7H,2-6,8H2,1H3. The van der Waals surface area contributed by atoms with E-state index in [1.807, 2.05) is 6.92 Å². The normalized spacial score (nSPS) is 13.5. The molecule has 0 aliphatic heterocycles. The van der Waals surface area contributed by atoms with Crippen LogP contribution in [-0.4, -0.2) is 19.4 Å². The average molecular weight is 193 g/mol. The molecule has 0 aliphatic rings. The zero-order valence-corrected chi connectivity index (χ0v) is 8.26. The molecule has 0 bridgehead atoms. The Labute approximate surface area is 74.7 Å². The highest BCUT2D eigenvalue weighted by Gasteiger charge is 2.07. The van der Waals surface area contributed by atoms with E-state index < -0.39 is 0 Å². The van der Waals surface area contributed by atoms with E-state index in [0.717, 1.165) is 19.3 Å². The van der Waals surface area contributed by atoms with Crippen molar-refractivity contribution in [2.45, 2.75) is 32.5 Å². The third kappa shape index (κ3) is 6.68. The summed E-state index contributed by atoms with van der Waals surface area (Å²) in [5, 5.41) is 0. The van der Waals surface area contributed by atoms with Crippen molar-refractivity contribution in [2.24, 2.45) is 5.73 Å². The minimum atomic E-state index is -0.347. The van der Waals surface area contributed by atoms with Gasteiger partial charge in [-0.1, -0.05) is 13.3 Å². The third-order valence-electron chi connectivity index (χ3n) is 1.34. The van der Waals surface area contributed by atoms with Crippen LogP contribution in [0, 0.1) is 0 Å². The molecule has 0 heterocycles. The molecular weight excluding hydrogens is 177 g/mol. The van der Waals surface area contributed by atoms with Gasteiger partial charge in [-0.3, -0.25) is 4.52 Å². The van der Waals surface area contributed by atoms with Crippen molar-refractivity contribution in [3.05, 3.63) is 0 Å². The molecular formula is C7H16NO3P. The van der Waals surface area contributed by atoms with Crippen molar-refractivity contribution in [1.82, 2.24) is 0 Å². The Hall–Kier alpha value is -0.0200. The fraction of sp³-hybridized carbons (Fsp3) is 1.00. The highest BCUT2D eigenvalue weighted by molar-refractivity contribution is 7.17. The third-order valence-corrected chi connectivity index (χ3v) is 1.66. The second kappa shape index (κ2) is 9.07. The fourth-order valence-electron chi connectivity index (χ4n) is 0.748. The van der Waals surface area contributed by atoms with Crippen LogP contribution in [0.15, 0.2) is 0 Å². The predicted molar refractivity (Wildman–Crippen MR) is 47.0 cm³/mol. The summed E-state index contributed by atoms with van der Waals surface area (Å²) in [5.41, 5.74) is 5.28. The van der Waals surface area contributed by atoms with Gasteiger partial charge in [-0.05, 0) is 19.4 Å². The Balaban J connectivity index is 3.40. The van der Waals surface area contributed by atoms with Gasteiger partial charge >= 0.3 is 8.69 Å². The van der Waals surface area contributed by atoms with Gasteiger partial charge in [0.1, 0.15) is 0 Å². The molecule has 1 unspecified atom stereocenters. The summed E-state index contributed by atoms with van der Waals surface area (Å²) in [6.45, 7) is 3.19. The molecule has 0 aromatic carbocycles. The van der Waals surface area contributed by atoms with E-state index in [9.17, 15) is 4.57 Å². The second-order valence-corrected chi connectivity index (χ2v) is 2.77. The van der Waals surface area contributed by atoms with Crippen LogP contribution in [0.1, 0.15) is 26.2 Å². The van der Waals surface area contributed by atoms with Crippen LogP contribution < -0.4 is 5.73 Å². The van der Waals surface area contributed by atoms with Crippen LogP contribution in [0.25, 0.3) is 0 Å². The van der Waals surface area contributed by atoms with Crippen molar-refractivity contribution >= 4 is 8.69 Å². The van der Waals surface area contributed by atoms with Crippen LogP contribution in [-0.2, 0) is 13.8 Å². The number of nitrogens with two attached hydrogens (primary N) is 1.